The Balaban J connectivity index is 1.82. The number of pyridine rings is 1. The summed E-state index contributed by atoms with van der Waals surface area (Å²) in [5.74, 6) is 0.527. The Hall–Kier alpha value is -3.30. The van der Waals surface area contributed by atoms with Crippen LogP contribution < -0.4 is 5.49 Å². The van der Waals surface area contributed by atoms with Crippen LogP contribution in [0.4, 0.5) is 17.6 Å². The minimum atomic E-state index is -4.46. The van der Waals surface area contributed by atoms with Gasteiger partial charge in [0.25, 0.3) is 0 Å². The topological polar surface area (TPSA) is 63.4 Å². The molecule has 1 atom stereocenters. The molecule has 0 radical (unpaired) electrons. The number of carbonyl (C=O) groups excluding carboxylic acids is 1. The molecule has 0 aliphatic carbocycles. The first-order valence-corrected chi connectivity index (χ1v) is 11.8. The zero-order valence-corrected chi connectivity index (χ0v) is 20.9. The molecular weight excluding hydrogens is 474 g/mol. The molecule has 0 saturated carbocycles. The lowest BCUT2D eigenvalue weighted by molar-refractivity contribution is -0.138. The van der Waals surface area contributed by atoms with Crippen molar-refractivity contribution in [3.63, 3.8) is 0 Å². The third-order valence-electron chi connectivity index (χ3n) is 7.14. The van der Waals surface area contributed by atoms with Gasteiger partial charge in [-0.25, -0.2) is 14.4 Å². The van der Waals surface area contributed by atoms with Crippen LogP contribution in [0.2, 0.25) is 0 Å². The number of hydrogen-bond donors (Lipinski definition) is 0. The molecule has 4 rings (SSSR count). The highest BCUT2D eigenvalue weighted by atomic mass is 19.4. The smallest absolute Gasteiger partial charge is 0.343 e. The first-order valence-electron chi connectivity index (χ1n) is 11.8. The third kappa shape index (κ3) is 4.73. The quantitative estimate of drug-likeness (QED) is 0.469. The van der Waals surface area contributed by atoms with Gasteiger partial charge in [-0.15, -0.1) is 0 Å². The van der Waals surface area contributed by atoms with E-state index in [4.69, 9.17) is 0 Å². The van der Waals surface area contributed by atoms with Gasteiger partial charge in [0.2, 0.25) is 5.91 Å². The molecule has 3 heterocycles. The molecule has 1 saturated heterocycles. The van der Waals surface area contributed by atoms with Gasteiger partial charge in [-0.1, -0.05) is 12.1 Å². The summed E-state index contributed by atoms with van der Waals surface area (Å²) in [5.41, 5.74) is -0.585. The number of nitrogens with zero attached hydrogens (tertiary/aromatic N) is 5. The monoisotopic (exact) mass is 503 g/mol. The van der Waals surface area contributed by atoms with Gasteiger partial charge in [0, 0.05) is 51.7 Å². The Morgan fingerprint density at radius 1 is 1.19 bits per heavy atom. The van der Waals surface area contributed by atoms with Crippen LogP contribution in [0.5, 0.6) is 0 Å². The van der Waals surface area contributed by atoms with Crippen molar-refractivity contribution in [3.05, 3.63) is 64.0 Å². The van der Waals surface area contributed by atoms with Crippen LogP contribution in [0, 0.1) is 13.8 Å². The normalized spacial score (nSPS) is 17.5. The van der Waals surface area contributed by atoms with Crippen LogP contribution in [0.3, 0.4) is 0 Å². The van der Waals surface area contributed by atoms with Crippen molar-refractivity contribution < 1.29 is 22.4 Å². The molecule has 3 aromatic rings. The van der Waals surface area contributed by atoms with Crippen LogP contribution in [0.1, 0.15) is 60.8 Å². The van der Waals surface area contributed by atoms with Gasteiger partial charge < -0.3 is 9.47 Å². The Bertz CT molecular complexity index is 1390. The molecule has 0 unspecified atom stereocenters. The number of halogens is 4. The molecule has 2 aromatic heterocycles. The number of amides is 1. The van der Waals surface area contributed by atoms with Crippen molar-refractivity contribution in [2.75, 3.05) is 13.1 Å². The van der Waals surface area contributed by atoms with E-state index in [1.165, 1.54) is 26.1 Å². The van der Waals surface area contributed by atoms with Crippen molar-refractivity contribution in [2.24, 2.45) is 12.0 Å². The van der Waals surface area contributed by atoms with E-state index in [2.05, 4.69) is 15.0 Å². The van der Waals surface area contributed by atoms with E-state index in [0.717, 1.165) is 6.07 Å². The Morgan fingerprint density at radius 3 is 2.47 bits per heavy atom. The van der Waals surface area contributed by atoms with Crippen molar-refractivity contribution in [3.8, 4) is 0 Å². The van der Waals surface area contributed by atoms with E-state index >= 15 is 4.39 Å². The number of carbonyl (C=O) groups is 1. The maximum atomic E-state index is 16.0. The second-order valence-corrected chi connectivity index (χ2v) is 9.43. The van der Waals surface area contributed by atoms with Crippen LogP contribution in [0.15, 0.2) is 35.5 Å². The van der Waals surface area contributed by atoms with Crippen LogP contribution in [-0.4, -0.2) is 38.4 Å². The maximum Gasteiger partial charge on any atom is 0.416 e. The second kappa shape index (κ2) is 9.29. The number of rotatable bonds is 3. The molecule has 36 heavy (non-hydrogen) atoms. The molecule has 1 fully saturated rings. The van der Waals surface area contributed by atoms with Gasteiger partial charge in [-0.05, 0) is 44.0 Å². The lowest BCUT2D eigenvalue weighted by Crippen LogP contribution is -2.42. The predicted molar refractivity (Wildman–Crippen MR) is 128 cm³/mol. The summed E-state index contributed by atoms with van der Waals surface area (Å²) in [6.07, 6.45) is -2.65. The minimum Gasteiger partial charge on any atom is -0.343 e. The molecule has 0 spiro atoms. The lowest BCUT2D eigenvalue weighted by atomic mass is 9.86. The molecular formula is C26H29F4N5O. The molecule has 192 valence electrons. The fourth-order valence-corrected chi connectivity index (χ4v) is 4.81. The zero-order valence-electron chi connectivity index (χ0n) is 20.9. The number of hydrogen-bond acceptors (Lipinski definition) is 4. The highest BCUT2D eigenvalue weighted by Gasteiger charge is 2.38. The Labute approximate surface area is 206 Å². The van der Waals surface area contributed by atoms with Gasteiger partial charge in [0.1, 0.15) is 17.1 Å². The number of fused-ring (bicyclic) bond motifs is 1. The first kappa shape index (κ1) is 25.8. The van der Waals surface area contributed by atoms with Crippen LogP contribution in [-0.2, 0) is 23.7 Å². The van der Waals surface area contributed by atoms with Crippen LogP contribution >= 0.6 is 0 Å². The van der Waals surface area contributed by atoms with E-state index < -0.39 is 23.5 Å². The van der Waals surface area contributed by atoms with E-state index in [0.29, 0.717) is 46.6 Å². The summed E-state index contributed by atoms with van der Waals surface area (Å²) in [4.78, 5) is 27.0. The van der Waals surface area contributed by atoms with Crippen molar-refractivity contribution in [2.45, 2.75) is 58.4 Å². The highest BCUT2D eigenvalue weighted by molar-refractivity contribution is 5.75. The summed E-state index contributed by atoms with van der Waals surface area (Å²) in [7, 11) is 1.79. The first-order chi connectivity index (χ1) is 16.8. The zero-order chi connectivity index (χ0) is 26.4. The van der Waals surface area contributed by atoms with Crippen molar-refractivity contribution >= 4 is 16.9 Å². The summed E-state index contributed by atoms with van der Waals surface area (Å²) in [5, 5.41) is 0.517. The number of alkyl halides is 4. The molecule has 1 aliphatic rings. The third-order valence-corrected chi connectivity index (χ3v) is 7.14. The minimum absolute atomic E-state index is 0.0830. The molecule has 10 heteroatoms. The number of aromatic nitrogens is 3. The van der Waals surface area contributed by atoms with Gasteiger partial charge in [-0.2, -0.15) is 13.2 Å². The van der Waals surface area contributed by atoms with Gasteiger partial charge in [-0.3, -0.25) is 9.79 Å². The number of aryl methyl sites for hydroxylation is 2. The van der Waals surface area contributed by atoms with E-state index in [9.17, 15) is 18.0 Å². The summed E-state index contributed by atoms with van der Waals surface area (Å²) >= 11 is 0. The largest absolute Gasteiger partial charge is 0.416 e. The molecule has 1 aromatic carbocycles. The van der Waals surface area contributed by atoms with E-state index in [1.54, 1.807) is 42.5 Å². The number of benzene rings is 1. The Kier molecular flexibility index (Phi) is 6.66. The molecule has 6 nitrogen and oxygen atoms in total. The van der Waals surface area contributed by atoms with E-state index in [-0.39, 0.29) is 24.3 Å². The van der Waals surface area contributed by atoms with Crippen molar-refractivity contribution in [1.82, 2.24) is 19.4 Å². The highest BCUT2D eigenvalue weighted by Crippen LogP contribution is 2.38. The molecule has 0 N–H and O–H groups in total. The van der Waals surface area contributed by atoms with Gasteiger partial charge in [0.05, 0.1) is 17.0 Å². The SMILES string of the molecule is CC(=O)N1CCC(F)(c2cnc3c(c2)/c(=N/[C@H](C)c2cccc(C(F)(F)F)c2C)nc(C)n3C)CC1. The fourth-order valence-electron chi connectivity index (χ4n) is 4.81. The van der Waals surface area contributed by atoms with Crippen molar-refractivity contribution in [1.29, 1.82) is 0 Å². The lowest BCUT2D eigenvalue weighted by Gasteiger charge is -2.36. The fraction of sp³-hybridized carbons (Fsp3) is 0.462. The summed E-state index contributed by atoms with van der Waals surface area (Å²) in [6, 6.07) is 5.11. The summed E-state index contributed by atoms with van der Waals surface area (Å²) in [6.45, 7) is 7.02. The number of likely N-dealkylation sites (tertiary alicyclic amines) is 1. The molecule has 1 amide bonds. The predicted octanol–water partition coefficient (Wildman–Crippen LogP) is 5.07. The van der Waals surface area contributed by atoms with Crippen LogP contribution in [0.25, 0.3) is 11.0 Å². The van der Waals surface area contributed by atoms with E-state index in [1.807, 2.05) is 0 Å². The maximum absolute atomic E-state index is 16.0. The van der Waals surface area contributed by atoms with Gasteiger partial charge in [0.15, 0.2) is 5.49 Å². The number of piperidine rings is 1. The Morgan fingerprint density at radius 2 is 1.86 bits per heavy atom. The molecule has 0 bridgehead atoms. The average molecular weight is 504 g/mol. The van der Waals surface area contributed by atoms with Gasteiger partial charge >= 0.3 is 6.18 Å². The second-order valence-electron chi connectivity index (χ2n) is 9.43. The standard InChI is InChI=1S/C26H29F4N5O/c1-15-20(7-6-8-22(15)26(28,29)30)16(2)32-23-21-13-19(14-31-24(21)34(5)17(3)33-23)25(27)9-11-35(12-10-25)18(4)36/h6-8,13-14,16H,9-12H2,1-5H3/b32-23-/t16-/m1/s1. The summed E-state index contributed by atoms with van der Waals surface area (Å²) < 4.78 is 58.1. The molecule has 1 aliphatic heterocycles. The average Bonchev–Trinajstić information content (AvgIpc) is 2.81.